The van der Waals surface area contributed by atoms with Gasteiger partial charge in [0.15, 0.2) is 18.2 Å². The molecule has 0 spiro atoms. The van der Waals surface area contributed by atoms with Gasteiger partial charge in [0.1, 0.15) is 59.4 Å². The van der Waals surface area contributed by atoms with Crippen LogP contribution in [-0.2, 0) is 14.2 Å². The fourth-order valence-electron chi connectivity index (χ4n) is 3.73. The third-order valence-electron chi connectivity index (χ3n) is 5.60. The predicted molar refractivity (Wildman–Crippen MR) is 105 cm³/mol. The van der Waals surface area contributed by atoms with E-state index in [1.807, 2.05) is 0 Å². The van der Waals surface area contributed by atoms with Crippen molar-refractivity contribution >= 4 is 5.78 Å². The minimum absolute atomic E-state index is 0.220. The lowest BCUT2D eigenvalue weighted by Gasteiger charge is -2.45. The zero-order valence-electron chi connectivity index (χ0n) is 17.8. The summed E-state index contributed by atoms with van der Waals surface area (Å²) in [6.07, 6.45) is -15.2. The molecule has 0 saturated carbocycles. The Balaban J connectivity index is 1.88. The van der Waals surface area contributed by atoms with Crippen LogP contribution in [0.4, 0.5) is 0 Å². The van der Waals surface area contributed by atoms with Crippen LogP contribution in [0.2, 0.25) is 0 Å². The molecule has 1 aromatic rings. The highest BCUT2D eigenvalue weighted by Crippen LogP contribution is 2.35. The largest absolute Gasteiger partial charge is 0.507 e. The van der Waals surface area contributed by atoms with Crippen molar-refractivity contribution < 1.29 is 64.6 Å². The first-order valence-corrected chi connectivity index (χ1v) is 10.2. The number of aromatic hydroxyl groups is 2. The number of carbonyl (C=O) groups excluding carboxylic acids is 1. The van der Waals surface area contributed by atoms with Crippen LogP contribution in [0.1, 0.15) is 24.2 Å². The first-order chi connectivity index (χ1) is 15.5. The van der Waals surface area contributed by atoms with Crippen molar-refractivity contribution in [2.45, 2.75) is 75.3 Å². The van der Waals surface area contributed by atoms with Crippen LogP contribution in [0.5, 0.6) is 17.2 Å². The van der Waals surface area contributed by atoms with Gasteiger partial charge in [-0.05, 0) is 13.8 Å². The van der Waals surface area contributed by atoms with E-state index in [1.165, 1.54) is 6.92 Å². The molecule has 1 aromatic carbocycles. The van der Waals surface area contributed by atoms with Gasteiger partial charge in [0.05, 0.1) is 12.7 Å². The van der Waals surface area contributed by atoms with Crippen molar-refractivity contribution in [3.05, 3.63) is 17.7 Å². The summed E-state index contributed by atoms with van der Waals surface area (Å²) in [6, 6.07) is 1.99. The van der Waals surface area contributed by atoms with Gasteiger partial charge >= 0.3 is 0 Å². The van der Waals surface area contributed by atoms with E-state index in [9.17, 15) is 45.6 Å². The summed E-state index contributed by atoms with van der Waals surface area (Å²) < 4.78 is 21.9. The average molecular weight is 476 g/mol. The normalized spacial score (nSPS) is 39.3. The molecule has 2 aliphatic heterocycles. The topological polar surface area (TPSA) is 216 Å². The van der Waals surface area contributed by atoms with Crippen molar-refractivity contribution in [1.29, 1.82) is 0 Å². The van der Waals surface area contributed by atoms with Gasteiger partial charge in [-0.15, -0.1) is 0 Å². The van der Waals surface area contributed by atoms with Crippen LogP contribution < -0.4 is 4.74 Å². The maximum Gasteiger partial charge on any atom is 0.229 e. The molecule has 0 amide bonds. The SMILES string of the molecule is CC(=O)c1c(O)cc(O[C@H]2O[C@@H](CO)[C@@H](O)[C@@H](O)[C@H]2O[C@@H]2O[C@H](C)[C@@H](O)[C@H](O)[C@@H]2O)cc1O. The monoisotopic (exact) mass is 476 g/mol. The maximum atomic E-state index is 11.6. The minimum Gasteiger partial charge on any atom is -0.507 e. The van der Waals surface area contributed by atoms with Crippen molar-refractivity contribution in [2.75, 3.05) is 6.61 Å². The van der Waals surface area contributed by atoms with Crippen LogP contribution in [-0.4, -0.2) is 115 Å². The van der Waals surface area contributed by atoms with E-state index in [-0.39, 0.29) is 11.3 Å². The molecule has 2 aliphatic rings. The first kappa shape index (κ1) is 25.6. The molecule has 8 N–H and O–H groups in total. The van der Waals surface area contributed by atoms with Crippen molar-refractivity contribution in [1.82, 2.24) is 0 Å². The maximum absolute atomic E-state index is 11.6. The molecule has 0 aromatic heterocycles. The molecule has 2 heterocycles. The van der Waals surface area contributed by atoms with E-state index in [2.05, 4.69) is 0 Å². The number of aliphatic hydroxyl groups excluding tert-OH is 6. The Kier molecular flexibility index (Phi) is 7.78. The first-order valence-electron chi connectivity index (χ1n) is 10.2. The molecular formula is C20H28O13. The van der Waals surface area contributed by atoms with Gasteiger partial charge in [-0.3, -0.25) is 4.79 Å². The van der Waals surface area contributed by atoms with Crippen LogP contribution >= 0.6 is 0 Å². The number of benzene rings is 1. The Morgan fingerprint density at radius 3 is 2.06 bits per heavy atom. The third kappa shape index (κ3) is 5.06. The van der Waals surface area contributed by atoms with Crippen LogP contribution in [0, 0.1) is 0 Å². The lowest BCUT2D eigenvalue weighted by atomic mass is 9.97. The summed E-state index contributed by atoms with van der Waals surface area (Å²) in [5.41, 5.74) is -0.344. The molecule has 3 rings (SSSR count). The fraction of sp³-hybridized carbons (Fsp3) is 0.650. The second-order valence-electron chi connectivity index (χ2n) is 8.00. The average Bonchev–Trinajstić information content (AvgIpc) is 2.74. The summed E-state index contributed by atoms with van der Waals surface area (Å²) in [6.45, 7) is 1.83. The standard InChI is InChI=1S/C20H28O13/c1-6(22)12-9(23)3-8(4-10(12)24)31-20-18(16(28)14(26)11(5-21)32-20)33-19-17(29)15(27)13(25)7(2)30-19/h3-4,7,11,13-21,23-29H,5H2,1-2H3/t7-,11+,13-,14-,15+,16-,17+,18-,19+,20+/m1/s1. The molecule has 2 saturated heterocycles. The zero-order valence-corrected chi connectivity index (χ0v) is 17.8. The zero-order chi connectivity index (χ0) is 24.6. The molecule has 0 radical (unpaired) electrons. The molecule has 33 heavy (non-hydrogen) atoms. The molecule has 10 atom stereocenters. The molecule has 0 bridgehead atoms. The van der Waals surface area contributed by atoms with E-state index in [1.54, 1.807) is 0 Å². The van der Waals surface area contributed by atoms with E-state index in [0.717, 1.165) is 19.1 Å². The number of aliphatic hydroxyl groups is 6. The summed E-state index contributed by atoms with van der Waals surface area (Å²) in [7, 11) is 0. The lowest BCUT2D eigenvalue weighted by molar-refractivity contribution is -0.354. The molecule has 0 unspecified atom stereocenters. The van der Waals surface area contributed by atoms with Gasteiger partial charge < -0.3 is 59.8 Å². The summed E-state index contributed by atoms with van der Waals surface area (Å²) >= 11 is 0. The lowest BCUT2D eigenvalue weighted by Crippen LogP contribution is -2.64. The highest BCUT2D eigenvalue weighted by atomic mass is 16.8. The van der Waals surface area contributed by atoms with E-state index in [0.29, 0.717) is 0 Å². The summed E-state index contributed by atoms with van der Waals surface area (Å²) in [5, 5.41) is 80.4. The van der Waals surface area contributed by atoms with Crippen molar-refractivity contribution in [3.8, 4) is 17.2 Å². The van der Waals surface area contributed by atoms with Crippen LogP contribution in [0.25, 0.3) is 0 Å². The number of hydrogen-bond acceptors (Lipinski definition) is 13. The Labute approximate surface area is 187 Å². The number of hydrogen-bond donors (Lipinski definition) is 8. The van der Waals surface area contributed by atoms with Gasteiger partial charge in [-0.1, -0.05) is 0 Å². The molecule has 0 aliphatic carbocycles. The van der Waals surface area contributed by atoms with E-state index >= 15 is 0 Å². The molecule has 2 fully saturated rings. The minimum atomic E-state index is -1.74. The Morgan fingerprint density at radius 1 is 0.909 bits per heavy atom. The van der Waals surface area contributed by atoms with Gasteiger partial charge in [0.25, 0.3) is 0 Å². The number of phenols is 2. The number of ether oxygens (including phenoxy) is 4. The number of Topliss-reactive ketones (excluding diaryl/α,β-unsaturated/α-hetero) is 1. The van der Waals surface area contributed by atoms with E-state index in [4.69, 9.17) is 18.9 Å². The highest BCUT2D eigenvalue weighted by molar-refractivity contribution is 5.99. The second kappa shape index (κ2) is 10.0. The van der Waals surface area contributed by atoms with Crippen LogP contribution in [0.15, 0.2) is 12.1 Å². The summed E-state index contributed by atoms with van der Waals surface area (Å²) in [4.78, 5) is 11.6. The highest BCUT2D eigenvalue weighted by Gasteiger charge is 2.50. The second-order valence-corrected chi connectivity index (χ2v) is 8.00. The van der Waals surface area contributed by atoms with Gasteiger partial charge in [0.2, 0.25) is 6.29 Å². The van der Waals surface area contributed by atoms with Crippen molar-refractivity contribution in [2.24, 2.45) is 0 Å². The van der Waals surface area contributed by atoms with Crippen molar-refractivity contribution in [3.63, 3.8) is 0 Å². The Morgan fingerprint density at radius 2 is 1.52 bits per heavy atom. The number of phenolic OH excluding ortho intramolecular Hbond substituents is 2. The Hall–Kier alpha value is -2.07. The summed E-state index contributed by atoms with van der Waals surface area (Å²) in [5.74, 6) is -2.02. The van der Waals surface area contributed by atoms with Gasteiger partial charge in [-0.2, -0.15) is 0 Å². The molecule has 13 heteroatoms. The molecule has 13 nitrogen and oxygen atoms in total. The van der Waals surface area contributed by atoms with Gasteiger partial charge in [0, 0.05) is 12.1 Å². The van der Waals surface area contributed by atoms with Crippen LogP contribution in [0.3, 0.4) is 0 Å². The van der Waals surface area contributed by atoms with E-state index < -0.39 is 85.3 Å². The third-order valence-corrected chi connectivity index (χ3v) is 5.60. The Bertz CT molecular complexity index is 824. The predicted octanol–water partition coefficient (Wildman–Crippen LogP) is -2.67. The molecule has 186 valence electrons. The number of ketones is 1. The quantitative estimate of drug-likeness (QED) is 0.197. The number of rotatable bonds is 6. The molecular weight excluding hydrogens is 448 g/mol. The smallest absolute Gasteiger partial charge is 0.229 e. The number of carbonyl (C=O) groups is 1. The van der Waals surface area contributed by atoms with Gasteiger partial charge in [-0.25, -0.2) is 0 Å². The fourth-order valence-corrected chi connectivity index (χ4v) is 3.73.